The van der Waals surface area contributed by atoms with Crippen LogP contribution >= 0.6 is 0 Å². The third-order valence-corrected chi connectivity index (χ3v) is 3.23. The molecular formula is C12H22N2O2. The molecule has 0 bridgehead atoms. The van der Waals surface area contributed by atoms with Gasteiger partial charge < -0.3 is 5.32 Å². The number of Topliss-reactive ketones (excluding diaryl/α,β-unsaturated/α-hetero) is 1. The number of rotatable bonds is 4. The van der Waals surface area contributed by atoms with Crippen molar-refractivity contribution in [2.24, 2.45) is 5.92 Å². The maximum atomic E-state index is 12.0. The molecule has 92 valence electrons. The number of likely N-dealkylation sites (tertiary alicyclic amines) is 1. The van der Waals surface area contributed by atoms with E-state index in [2.05, 4.69) is 5.32 Å². The summed E-state index contributed by atoms with van der Waals surface area (Å²) in [6, 6.07) is -0.401. The highest BCUT2D eigenvalue weighted by molar-refractivity contribution is 5.89. The first-order valence-corrected chi connectivity index (χ1v) is 5.94. The van der Waals surface area contributed by atoms with Gasteiger partial charge in [0, 0.05) is 0 Å². The van der Waals surface area contributed by atoms with Crippen molar-refractivity contribution >= 4 is 11.7 Å². The first-order chi connectivity index (χ1) is 7.43. The fraction of sp³-hybridized carbons (Fsp3) is 0.833. The Morgan fingerprint density at radius 3 is 2.38 bits per heavy atom. The Kier molecular flexibility index (Phi) is 4.47. The van der Waals surface area contributed by atoms with Gasteiger partial charge in [-0.25, -0.2) is 0 Å². The minimum Gasteiger partial charge on any atom is -0.345 e. The molecule has 0 spiro atoms. The molecular weight excluding hydrogens is 204 g/mol. The van der Waals surface area contributed by atoms with Crippen LogP contribution in [0.2, 0.25) is 0 Å². The number of likely N-dealkylation sites (N-methyl/N-ethyl adjacent to an activating group) is 1. The number of ketones is 1. The zero-order chi connectivity index (χ0) is 12.3. The average molecular weight is 226 g/mol. The Hall–Kier alpha value is -0.900. The third-order valence-electron chi connectivity index (χ3n) is 3.23. The summed E-state index contributed by atoms with van der Waals surface area (Å²) < 4.78 is 0. The van der Waals surface area contributed by atoms with Crippen molar-refractivity contribution < 1.29 is 9.59 Å². The van der Waals surface area contributed by atoms with Gasteiger partial charge in [-0.15, -0.1) is 0 Å². The van der Waals surface area contributed by atoms with E-state index in [-0.39, 0.29) is 29.7 Å². The van der Waals surface area contributed by atoms with Gasteiger partial charge in [0.1, 0.15) is 0 Å². The van der Waals surface area contributed by atoms with Crippen LogP contribution < -0.4 is 5.32 Å². The highest BCUT2D eigenvalue weighted by atomic mass is 16.2. The normalized spacial score (nSPS) is 23.4. The fourth-order valence-corrected chi connectivity index (χ4v) is 2.23. The molecule has 1 aliphatic heterocycles. The third kappa shape index (κ3) is 3.04. The smallest absolute Gasteiger partial charge is 0.237 e. The number of nitrogens with one attached hydrogen (secondary N) is 1. The van der Waals surface area contributed by atoms with Crippen molar-refractivity contribution in [3.63, 3.8) is 0 Å². The average Bonchev–Trinajstić information content (AvgIpc) is 2.59. The standard InChI is InChI=1S/C12H22N2O2/c1-8(2)11(9(3)15)13-12(16)10-6-5-7-14(10)4/h8,10-11H,5-7H2,1-4H3,(H,13,16). The monoisotopic (exact) mass is 226 g/mol. The molecule has 1 rings (SSSR count). The molecule has 1 saturated heterocycles. The second-order valence-electron chi connectivity index (χ2n) is 4.98. The van der Waals surface area contributed by atoms with Crippen LogP contribution in [0.15, 0.2) is 0 Å². The van der Waals surface area contributed by atoms with Crippen molar-refractivity contribution in [2.45, 2.75) is 45.7 Å². The van der Waals surface area contributed by atoms with Crippen molar-refractivity contribution in [1.82, 2.24) is 10.2 Å². The largest absolute Gasteiger partial charge is 0.345 e. The van der Waals surface area contributed by atoms with Crippen molar-refractivity contribution in [3.8, 4) is 0 Å². The number of nitrogens with zero attached hydrogens (tertiary/aromatic N) is 1. The van der Waals surface area contributed by atoms with E-state index in [0.29, 0.717) is 0 Å². The molecule has 0 aliphatic carbocycles. The SMILES string of the molecule is CC(=O)C(NC(=O)C1CCCN1C)C(C)C. The molecule has 2 atom stereocenters. The molecule has 1 N–H and O–H groups in total. The summed E-state index contributed by atoms with van der Waals surface area (Å²) in [7, 11) is 1.95. The zero-order valence-corrected chi connectivity index (χ0v) is 10.6. The Labute approximate surface area is 97.4 Å². The summed E-state index contributed by atoms with van der Waals surface area (Å²) in [6.45, 7) is 6.39. The zero-order valence-electron chi connectivity index (χ0n) is 10.6. The maximum absolute atomic E-state index is 12.0. The summed E-state index contributed by atoms with van der Waals surface area (Å²) in [5, 5.41) is 2.86. The van der Waals surface area contributed by atoms with Crippen LogP contribution in [-0.2, 0) is 9.59 Å². The van der Waals surface area contributed by atoms with E-state index in [9.17, 15) is 9.59 Å². The van der Waals surface area contributed by atoms with Gasteiger partial charge in [-0.2, -0.15) is 0 Å². The molecule has 1 aliphatic rings. The second kappa shape index (κ2) is 5.43. The molecule has 0 saturated carbocycles. The van der Waals surface area contributed by atoms with E-state index in [4.69, 9.17) is 0 Å². The predicted octanol–water partition coefficient (Wildman–Crippen LogP) is 0.810. The first-order valence-electron chi connectivity index (χ1n) is 5.94. The summed E-state index contributed by atoms with van der Waals surface area (Å²) in [6.07, 6.45) is 1.95. The lowest BCUT2D eigenvalue weighted by Crippen LogP contribution is -2.50. The van der Waals surface area contributed by atoms with Gasteiger partial charge >= 0.3 is 0 Å². The highest BCUT2D eigenvalue weighted by Crippen LogP contribution is 2.15. The maximum Gasteiger partial charge on any atom is 0.237 e. The van der Waals surface area contributed by atoms with Gasteiger partial charge in [-0.3, -0.25) is 14.5 Å². The Bertz CT molecular complexity index is 276. The molecule has 0 radical (unpaired) electrons. The molecule has 4 nitrogen and oxygen atoms in total. The Morgan fingerprint density at radius 1 is 1.38 bits per heavy atom. The quantitative estimate of drug-likeness (QED) is 0.771. The highest BCUT2D eigenvalue weighted by Gasteiger charge is 2.30. The van der Waals surface area contributed by atoms with Crippen LogP contribution in [0.4, 0.5) is 0 Å². The van der Waals surface area contributed by atoms with E-state index in [1.165, 1.54) is 6.92 Å². The lowest BCUT2D eigenvalue weighted by molar-refractivity contribution is -0.130. The molecule has 1 amide bonds. The molecule has 4 heteroatoms. The Balaban J connectivity index is 2.58. The van der Waals surface area contributed by atoms with Crippen LogP contribution in [-0.4, -0.2) is 42.3 Å². The predicted molar refractivity (Wildman–Crippen MR) is 63.1 cm³/mol. The molecule has 2 unspecified atom stereocenters. The summed E-state index contributed by atoms with van der Waals surface area (Å²) >= 11 is 0. The minimum atomic E-state index is -0.346. The van der Waals surface area contributed by atoms with E-state index in [1.54, 1.807) is 0 Å². The number of carbonyl (C=O) groups is 2. The van der Waals surface area contributed by atoms with E-state index in [0.717, 1.165) is 19.4 Å². The van der Waals surface area contributed by atoms with Gasteiger partial charge in [-0.1, -0.05) is 13.8 Å². The lowest BCUT2D eigenvalue weighted by Gasteiger charge is -2.24. The van der Waals surface area contributed by atoms with Gasteiger partial charge in [0.05, 0.1) is 12.1 Å². The summed E-state index contributed by atoms with van der Waals surface area (Å²) in [5.41, 5.74) is 0. The van der Waals surface area contributed by atoms with Gasteiger partial charge in [-0.05, 0) is 39.3 Å². The van der Waals surface area contributed by atoms with Crippen LogP contribution in [0.1, 0.15) is 33.6 Å². The molecule has 0 aromatic rings. The van der Waals surface area contributed by atoms with Crippen LogP contribution in [0.5, 0.6) is 0 Å². The van der Waals surface area contributed by atoms with E-state index >= 15 is 0 Å². The molecule has 0 aromatic heterocycles. The van der Waals surface area contributed by atoms with Gasteiger partial charge in [0.15, 0.2) is 5.78 Å². The van der Waals surface area contributed by atoms with Crippen molar-refractivity contribution in [3.05, 3.63) is 0 Å². The second-order valence-corrected chi connectivity index (χ2v) is 4.98. The van der Waals surface area contributed by atoms with E-state index in [1.807, 2.05) is 25.8 Å². The Morgan fingerprint density at radius 2 is 2.00 bits per heavy atom. The number of carbonyl (C=O) groups excluding carboxylic acids is 2. The minimum absolute atomic E-state index is 0.00565. The number of hydrogen-bond acceptors (Lipinski definition) is 3. The van der Waals surface area contributed by atoms with Crippen molar-refractivity contribution in [2.75, 3.05) is 13.6 Å². The number of amides is 1. The molecule has 16 heavy (non-hydrogen) atoms. The molecule has 1 fully saturated rings. The van der Waals surface area contributed by atoms with Gasteiger partial charge in [0.25, 0.3) is 0 Å². The lowest BCUT2D eigenvalue weighted by atomic mass is 10.00. The van der Waals surface area contributed by atoms with Gasteiger partial charge in [0.2, 0.25) is 5.91 Å². The fourth-order valence-electron chi connectivity index (χ4n) is 2.23. The van der Waals surface area contributed by atoms with Crippen LogP contribution in [0.3, 0.4) is 0 Å². The summed E-state index contributed by atoms with van der Waals surface area (Å²) in [5.74, 6) is 0.172. The molecule has 1 heterocycles. The van der Waals surface area contributed by atoms with Crippen LogP contribution in [0, 0.1) is 5.92 Å². The first kappa shape index (κ1) is 13.2. The molecule has 0 aromatic carbocycles. The topological polar surface area (TPSA) is 49.4 Å². The number of hydrogen-bond donors (Lipinski definition) is 1. The van der Waals surface area contributed by atoms with Crippen LogP contribution in [0.25, 0.3) is 0 Å². The summed E-state index contributed by atoms with van der Waals surface area (Å²) in [4.78, 5) is 25.4. The van der Waals surface area contributed by atoms with E-state index < -0.39 is 0 Å². The van der Waals surface area contributed by atoms with Crippen molar-refractivity contribution in [1.29, 1.82) is 0 Å².